The summed E-state index contributed by atoms with van der Waals surface area (Å²) in [5.41, 5.74) is 2.65. The van der Waals surface area contributed by atoms with E-state index in [2.05, 4.69) is 10.2 Å². The summed E-state index contributed by atoms with van der Waals surface area (Å²) in [6.45, 7) is 4.38. The van der Waals surface area contributed by atoms with Gasteiger partial charge in [0.25, 0.3) is 0 Å². The van der Waals surface area contributed by atoms with Crippen molar-refractivity contribution in [3.05, 3.63) is 17.0 Å². The smallest absolute Gasteiger partial charge is 0.328 e. The van der Waals surface area contributed by atoms with Gasteiger partial charge in [-0.25, -0.2) is 4.79 Å². The van der Waals surface area contributed by atoms with Crippen molar-refractivity contribution in [3.8, 4) is 0 Å². The summed E-state index contributed by atoms with van der Waals surface area (Å²) in [5, 5.41) is 6.94. The molecule has 1 aromatic heterocycles. The third-order valence-corrected chi connectivity index (χ3v) is 3.66. The number of amides is 1. The van der Waals surface area contributed by atoms with Crippen molar-refractivity contribution in [3.63, 3.8) is 0 Å². The fourth-order valence-electron chi connectivity index (χ4n) is 2.53. The number of rotatable bonds is 3. The minimum Gasteiger partial charge on any atom is -0.467 e. The lowest BCUT2D eigenvalue weighted by molar-refractivity contribution is -0.150. The Labute approximate surface area is 112 Å². The van der Waals surface area contributed by atoms with Crippen LogP contribution in [0.3, 0.4) is 0 Å². The molecule has 1 unspecified atom stereocenters. The first-order chi connectivity index (χ1) is 9.04. The number of aryl methyl sites for hydroxylation is 2. The van der Waals surface area contributed by atoms with E-state index in [9.17, 15) is 9.59 Å². The maximum absolute atomic E-state index is 12.3. The van der Waals surface area contributed by atoms with Crippen molar-refractivity contribution in [1.82, 2.24) is 15.1 Å². The van der Waals surface area contributed by atoms with Gasteiger partial charge >= 0.3 is 5.97 Å². The number of likely N-dealkylation sites (tertiary alicyclic amines) is 1. The van der Waals surface area contributed by atoms with Crippen molar-refractivity contribution in [1.29, 1.82) is 0 Å². The number of nitrogens with one attached hydrogen (secondary N) is 1. The lowest BCUT2D eigenvalue weighted by Gasteiger charge is -2.22. The van der Waals surface area contributed by atoms with Crippen LogP contribution in [0.25, 0.3) is 0 Å². The Morgan fingerprint density at radius 1 is 1.47 bits per heavy atom. The van der Waals surface area contributed by atoms with Gasteiger partial charge in [0.05, 0.1) is 19.2 Å². The molecule has 1 saturated heterocycles. The molecule has 0 aromatic carbocycles. The van der Waals surface area contributed by atoms with Gasteiger partial charge in [0, 0.05) is 17.8 Å². The first-order valence-electron chi connectivity index (χ1n) is 6.42. The van der Waals surface area contributed by atoms with Gasteiger partial charge in [-0.05, 0) is 26.7 Å². The summed E-state index contributed by atoms with van der Waals surface area (Å²) in [4.78, 5) is 25.6. The highest BCUT2D eigenvalue weighted by Crippen LogP contribution is 2.21. The largest absolute Gasteiger partial charge is 0.467 e. The van der Waals surface area contributed by atoms with Crippen molar-refractivity contribution < 1.29 is 14.3 Å². The number of carbonyl (C=O) groups is 2. The lowest BCUT2D eigenvalue weighted by atomic mass is 10.1. The number of H-pyrrole nitrogens is 1. The van der Waals surface area contributed by atoms with Crippen LogP contribution in [0.15, 0.2) is 0 Å². The molecule has 1 aliphatic heterocycles. The number of ether oxygens (including phenoxy) is 1. The Bertz CT molecular complexity index is 476. The summed E-state index contributed by atoms with van der Waals surface area (Å²) in [6, 6.07) is -0.426. The Hall–Kier alpha value is -1.85. The van der Waals surface area contributed by atoms with E-state index in [1.54, 1.807) is 4.90 Å². The lowest BCUT2D eigenvalue weighted by Crippen LogP contribution is -2.41. The van der Waals surface area contributed by atoms with Crippen LogP contribution in [-0.2, 0) is 20.7 Å². The highest BCUT2D eigenvalue weighted by Gasteiger charge is 2.34. The molecule has 19 heavy (non-hydrogen) atoms. The molecular weight excluding hydrogens is 246 g/mol. The Morgan fingerprint density at radius 2 is 2.21 bits per heavy atom. The van der Waals surface area contributed by atoms with E-state index < -0.39 is 6.04 Å². The molecule has 1 atom stereocenters. The number of aromatic nitrogens is 2. The number of nitrogens with zero attached hydrogens (tertiary/aromatic N) is 2. The second kappa shape index (κ2) is 5.42. The van der Waals surface area contributed by atoms with Gasteiger partial charge in [0.15, 0.2) is 0 Å². The van der Waals surface area contributed by atoms with Crippen molar-refractivity contribution in [2.45, 2.75) is 39.2 Å². The first kappa shape index (κ1) is 13.6. The number of carbonyl (C=O) groups excluding carboxylic acids is 2. The number of esters is 1. The van der Waals surface area contributed by atoms with Gasteiger partial charge < -0.3 is 9.64 Å². The summed E-state index contributed by atoms with van der Waals surface area (Å²) in [5.74, 6) is -0.369. The highest BCUT2D eigenvalue weighted by atomic mass is 16.5. The Kier molecular flexibility index (Phi) is 3.87. The maximum atomic E-state index is 12.3. The number of methoxy groups -OCH3 is 1. The second-order valence-electron chi connectivity index (χ2n) is 4.86. The standard InChI is InChI=1S/C13H19N3O3/c1-8-10(9(2)15-14-8)7-12(17)16-6-4-5-11(16)13(18)19-3/h11H,4-7H2,1-3H3,(H,14,15). The van der Waals surface area contributed by atoms with Crippen LogP contribution in [0, 0.1) is 13.8 Å². The van der Waals surface area contributed by atoms with E-state index in [4.69, 9.17) is 4.74 Å². The molecule has 104 valence electrons. The minimum absolute atomic E-state index is 0.0412. The molecule has 1 amide bonds. The monoisotopic (exact) mass is 265 g/mol. The molecule has 0 spiro atoms. The molecule has 1 aliphatic rings. The zero-order valence-corrected chi connectivity index (χ0v) is 11.5. The van der Waals surface area contributed by atoms with Gasteiger partial charge in [-0.3, -0.25) is 9.89 Å². The zero-order chi connectivity index (χ0) is 14.0. The fraction of sp³-hybridized carbons (Fsp3) is 0.615. The van der Waals surface area contributed by atoms with Gasteiger partial charge in [0.1, 0.15) is 6.04 Å². The zero-order valence-electron chi connectivity index (χ0n) is 11.5. The van der Waals surface area contributed by atoms with Crippen molar-refractivity contribution in [2.24, 2.45) is 0 Å². The predicted molar refractivity (Wildman–Crippen MR) is 68.5 cm³/mol. The predicted octanol–water partition coefficient (Wildman–Crippen LogP) is 0.733. The molecule has 0 bridgehead atoms. The molecule has 6 nitrogen and oxygen atoms in total. The molecule has 6 heteroatoms. The average Bonchev–Trinajstić information content (AvgIpc) is 2.99. The number of hydrogen-bond acceptors (Lipinski definition) is 4. The van der Waals surface area contributed by atoms with Crippen molar-refractivity contribution in [2.75, 3.05) is 13.7 Å². The van der Waals surface area contributed by atoms with E-state index in [0.717, 1.165) is 23.4 Å². The minimum atomic E-state index is -0.426. The molecule has 0 saturated carbocycles. The van der Waals surface area contributed by atoms with Crippen LogP contribution in [-0.4, -0.2) is 46.7 Å². The Morgan fingerprint density at radius 3 is 2.79 bits per heavy atom. The fourth-order valence-corrected chi connectivity index (χ4v) is 2.53. The van der Waals surface area contributed by atoms with E-state index in [1.165, 1.54) is 7.11 Å². The van der Waals surface area contributed by atoms with Crippen molar-refractivity contribution >= 4 is 11.9 Å². The van der Waals surface area contributed by atoms with Gasteiger partial charge in [-0.1, -0.05) is 0 Å². The quantitative estimate of drug-likeness (QED) is 0.818. The normalized spacial score (nSPS) is 18.7. The third kappa shape index (κ3) is 2.62. The molecule has 1 fully saturated rings. The summed E-state index contributed by atoms with van der Waals surface area (Å²) >= 11 is 0. The Balaban J connectivity index is 2.09. The molecule has 1 N–H and O–H groups in total. The summed E-state index contributed by atoms with van der Waals surface area (Å²) < 4.78 is 4.75. The van der Waals surface area contributed by atoms with Crippen LogP contribution in [0.5, 0.6) is 0 Å². The molecular formula is C13H19N3O3. The van der Waals surface area contributed by atoms with Crippen LogP contribution >= 0.6 is 0 Å². The second-order valence-corrected chi connectivity index (χ2v) is 4.86. The summed E-state index contributed by atoms with van der Waals surface area (Å²) in [7, 11) is 1.35. The molecule has 0 aliphatic carbocycles. The van der Waals surface area contributed by atoms with Crippen LogP contribution in [0.4, 0.5) is 0 Å². The molecule has 0 radical (unpaired) electrons. The van der Waals surface area contributed by atoms with Crippen LogP contribution in [0.2, 0.25) is 0 Å². The highest BCUT2D eigenvalue weighted by molar-refractivity contribution is 5.86. The third-order valence-electron chi connectivity index (χ3n) is 3.66. The first-order valence-corrected chi connectivity index (χ1v) is 6.42. The van der Waals surface area contributed by atoms with Gasteiger partial charge in [-0.15, -0.1) is 0 Å². The van der Waals surface area contributed by atoms with E-state index >= 15 is 0 Å². The SMILES string of the molecule is COC(=O)C1CCCN1C(=O)Cc1c(C)n[nH]c1C. The topological polar surface area (TPSA) is 75.3 Å². The number of aromatic amines is 1. The van der Waals surface area contributed by atoms with Gasteiger partial charge in [-0.2, -0.15) is 5.10 Å². The maximum Gasteiger partial charge on any atom is 0.328 e. The van der Waals surface area contributed by atoms with Crippen LogP contribution < -0.4 is 0 Å². The summed E-state index contributed by atoms with van der Waals surface area (Å²) in [6.07, 6.45) is 1.80. The van der Waals surface area contributed by atoms with E-state index in [-0.39, 0.29) is 18.3 Å². The van der Waals surface area contributed by atoms with E-state index in [1.807, 2.05) is 13.8 Å². The molecule has 2 rings (SSSR count). The average molecular weight is 265 g/mol. The molecule has 1 aromatic rings. The van der Waals surface area contributed by atoms with Gasteiger partial charge in [0.2, 0.25) is 5.91 Å². The van der Waals surface area contributed by atoms with Crippen LogP contribution in [0.1, 0.15) is 29.8 Å². The number of hydrogen-bond donors (Lipinski definition) is 1. The molecule has 2 heterocycles. The van der Waals surface area contributed by atoms with E-state index in [0.29, 0.717) is 13.0 Å².